The Bertz CT molecular complexity index is 914. The number of carbonyl (C=O) groups excluding carboxylic acids is 1. The third-order valence-electron chi connectivity index (χ3n) is 8.70. The van der Waals surface area contributed by atoms with Crippen molar-refractivity contribution in [3.63, 3.8) is 0 Å². The number of phosphoric acid groups is 1. The van der Waals surface area contributed by atoms with Gasteiger partial charge in [0, 0.05) is 13.0 Å². The molecule has 51 heavy (non-hydrogen) atoms. The lowest BCUT2D eigenvalue weighted by molar-refractivity contribution is -0.154. The molecule has 0 aliphatic heterocycles. The van der Waals surface area contributed by atoms with Gasteiger partial charge in [-0.15, -0.1) is 0 Å². The fraction of sp³-hybridized carbons (Fsp3) is 0.850. The Morgan fingerprint density at radius 3 is 1.51 bits per heavy atom. The average molecular weight is 746 g/mol. The Balaban J connectivity index is 4.28. The van der Waals surface area contributed by atoms with Crippen molar-refractivity contribution in [3.8, 4) is 0 Å². The van der Waals surface area contributed by atoms with Crippen LogP contribution in [-0.2, 0) is 32.7 Å². The van der Waals surface area contributed by atoms with Gasteiger partial charge in [-0.05, 0) is 64.2 Å². The molecule has 0 rings (SSSR count). The fourth-order valence-electron chi connectivity index (χ4n) is 5.47. The van der Waals surface area contributed by atoms with E-state index < -0.39 is 45.1 Å². The number of unbranched alkanes of at least 4 members (excludes halogenated alkanes) is 21. The number of esters is 1. The first-order chi connectivity index (χ1) is 24.7. The summed E-state index contributed by atoms with van der Waals surface area (Å²) in [6.45, 7) is 3.84. The summed E-state index contributed by atoms with van der Waals surface area (Å²) in [5, 5.41) is 8.87. The Kier molecular flexibility index (Phi) is 35.7. The third kappa shape index (κ3) is 36.6. The maximum absolute atomic E-state index is 12.6. The Labute approximate surface area is 311 Å². The van der Waals surface area contributed by atoms with Gasteiger partial charge in [0.15, 0.2) is 0 Å². The van der Waals surface area contributed by atoms with E-state index in [9.17, 15) is 19.0 Å². The predicted octanol–water partition coefficient (Wildman–Crippen LogP) is 10.8. The van der Waals surface area contributed by atoms with Crippen LogP contribution in [0.4, 0.5) is 0 Å². The van der Waals surface area contributed by atoms with Crippen LogP contribution in [-0.4, -0.2) is 60.5 Å². The van der Waals surface area contributed by atoms with Crippen LogP contribution in [0.1, 0.15) is 181 Å². The van der Waals surface area contributed by atoms with E-state index >= 15 is 0 Å². The van der Waals surface area contributed by atoms with Crippen LogP contribution in [0.5, 0.6) is 0 Å². The zero-order valence-corrected chi connectivity index (χ0v) is 33.3. The van der Waals surface area contributed by atoms with E-state index in [1.165, 1.54) is 96.3 Å². The summed E-state index contributed by atoms with van der Waals surface area (Å²) in [6.07, 6.45) is 38.0. The summed E-state index contributed by atoms with van der Waals surface area (Å²) in [6, 6.07) is -1.47. The minimum absolute atomic E-state index is 0.0115. The first-order valence-electron chi connectivity index (χ1n) is 20.4. The summed E-state index contributed by atoms with van der Waals surface area (Å²) in [7, 11) is -4.61. The molecule has 0 heterocycles. The number of phosphoric ester groups is 1. The third-order valence-corrected chi connectivity index (χ3v) is 9.65. The second-order valence-electron chi connectivity index (χ2n) is 13.8. The van der Waals surface area contributed by atoms with Crippen LogP contribution < -0.4 is 5.73 Å². The quantitative estimate of drug-likeness (QED) is 0.0240. The molecule has 0 amide bonds. The Hall–Kier alpha value is -1.55. The highest BCUT2D eigenvalue weighted by Gasteiger charge is 2.27. The largest absolute Gasteiger partial charge is 0.480 e. The molecule has 0 saturated carbocycles. The zero-order chi connectivity index (χ0) is 37.7. The van der Waals surface area contributed by atoms with Crippen molar-refractivity contribution in [1.82, 2.24) is 0 Å². The van der Waals surface area contributed by atoms with Crippen LogP contribution in [0.15, 0.2) is 24.3 Å². The summed E-state index contributed by atoms with van der Waals surface area (Å²) in [5.41, 5.74) is 5.34. The van der Waals surface area contributed by atoms with Gasteiger partial charge < -0.3 is 25.2 Å². The second-order valence-corrected chi connectivity index (χ2v) is 15.2. The molecule has 0 aromatic heterocycles. The number of carboxylic acids is 1. The number of carbonyl (C=O) groups is 2. The van der Waals surface area contributed by atoms with Crippen LogP contribution in [0.2, 0.25) is 0 Å². The van der Waals surface area contributed by atoms with Gasteiger partial charge in [-0.1, -0.05) is 134 Å². The molecule has 0 aromatic carbocycles. The molecular formula is C40H76NO9P. The minimum atomic E-state index is -4.61. The highest BCUT2D eigenvalue weighted by molar-refractivity contribution is 7.47. The molecule has 0 spiro atoms. The molecule has 10 nitrogen and oxygen atoms in total. The van der Waals surface area contributed by atoms with Crippen LogP contribution >= 0.6 is 7.82 Å². The van der Waals surface area contributed by atoms with E-state index in [1.54, 1.807) is 0 Å². The van der Waals surface area contributed by atoms with Gasteiger partial charge in [-0.3, -0.25) is 18.6 Å². The number of ether oxygens (including phenoxy) is 2. The standard InChI is InChI=1S/C40H76NO9P/c1-3-5-7-9-11-13-15-17-18-19-21-23-25-27-29-31-33-47-34-37(35-48-51(45,46)49-36-38(41)40(43)44)50-39(42)32-30-28-26-24-22-20-16-14-12-10-8-6-4-2/h14,16-18,37-38H,3-13,15,19-36,41H2,1-2H3,(H,43,44)(H,45,46)/b16-14-,18-17-. The van der Waals surface area contributed by atoms with Crippen molar-refractivity contribution in [2.24, 2.45) is 5.73 Å². The van der Waals surface area contributed by atoms with Gasteiger partial charge in [0.1, 0.15) is 12.1 Å². The highest BCUT2D eigenvalue weighted by atomic mass is 31.2. The van der Waals surface area contributed by atoms with E-state index in [4.69, 9.17) is 29.4 Å². The van der Waals surface area contributed by atoms with Crippen LogP contribution in [0.25, 0.3) is 0 Å². The number of hydrogen-bond donors (Lipinski definition) is 3. The minimum Gasteiger partial charge on any atom is -0.480 e. The van der Waals surface area contributed by atoms with Crippen molar-refractivity contribution in [1.29, 1.82) is 0 Å². The lowest BCUT2D eigenvalue weighted by atomic mass is 10.1. The van der Waals surface area contributed by atoms with E-state index in [0.29, 0.717) is 13.0 Å². The van der Waals surface area contributed by atoms with Gasteiger partial charge in [0.05, 0.1) is 19.8 Å². The maximum Gasteiger partial charge on any atom is 0.472 e. The Morgan fingerprint density at radius 2 is 1.02 bits per heavy atom. The number of hydrogen-bond acceptors (Lipinski definition) is 8. The number of carboxylic acid groups (broad SMARTS) is 1. The van der Waals surface area contributed by atoms with Gasteiger partial charge in [0.25, 0.3) is 0 Å². The number of allylic oxidation sites excluding steroid dienone is 4. The summed E-state index contributed by atoms with van der Waals surface area (Å²) in [4.78, 5) is 33.4. The lowest BCUT2D eigenvalue weighted by Crippen LogP contribution is -2.34. The van der Waals surface area contributed by atoms with Crippen molar-refractivity contribution in [3.05, 3.63) is 24.3 Å². The van der Waals surface area contributed by atoms with Gasteiger partial charge in [0.2, 0.25) is 0 Å². The number of nitrogens with two attached hydrogens (primary N) is 1. The molecule has 3 atom stereocenters. The SMILES string of the molecule is CCCCCC/C=C\CCCCCCCC(=O)OC(COCCCCCCCC/C=C\CCCCCCCC)COP(=O)(O)OCC(N)C(=O)O. The van der Waals surface area contributed by atoms with Crippen LogP contribution in [0.3, 0.4) is 0 Å². The molecule has 300 valence electrons. The van der Waals surface area contributed by atoms with E-state index in [1.807, 2.05) is 0 Å². The molecule has 0 bridgehead atoms. The Morgan fingerprint density at radius 1 is 0.608 bits per heavy atom. The van der Waals surface area contributed by atoms with Crippen molar-refractivity contribution >= 4 is 19.8 Å². The molecular weight excluding hydrogens is 669 g/mol. The second kappa shape index (κ2) is 36.8. The smallest absolute Gasteiger partial charge is 0.472 e. The molecule has 0 radical (unpaired) electrons. The van der Waals surface area contributed by atoms with Crippen LogP contribution in [0, 0.1) is 0 Å². The number of rotatable bonds is 39. The van der Waals surface area contributed by atoms with Crippen molar-refractivity contribution in [2.75, 3.05) is 26.4 Å². The number of aliphatic carboxylic acids is 1. The van der Waals surface area contributed by atoms with Gasteiger partial charge >= 0.3 is 19.8 Å². The maximum atomic E-state index is 12.6. The molecule has 3 unspecified atom stereocenters. The topological polar surface area (TPSA) is 155 Å². The molecule has 0 aliphatic carbocycles. The van der Waals surface area contributed by atoms with Crippen molar-refractivity contribution in [2.45, 2.75) is 193 Å². The monoisotopic (exact) mass is 746 g/mol. The normalized spacial score (nSPS) is 14.3. The summed E-state index contributed by atoms with van der Waals surface area (Å²) in [5.74, 6) is -1.79. The molecule has 0 fully saturated rings. The highest BCUT2D eigenvalue weighted by Crippen LogP contribution is 2.43. The molecule has 0 aromatic rings. The first kappa shape index (κ1) is 49.5. The molecule has 4 N–H and O–H groups in total. The van der Waals surface area contributed by atoms with E-state index in [2.05, 4.69) is 38.2 Å². The first-order valence-corrected chi connectivity index (χ1v) is 21.9. The van der Waals surface area contributed by atoms with Gasteiger partial charge in [-0.25, -0.2) is 4.57 Å². The average Bonchev–Trinajstić information content (AvgIpc) is 3.10. The lowest BCUT2D eigenvalue weighted by Gasteiger charge is -2.20. The molecule has 11 heteroatoms. The molecule has 0 saturated heterocycles. The molecule has 0 aliphatic rings. The fourth-order valence-corrected chi connectivity index (χ4v) is 6.25. The zero-order valence-electron chi connectivity index (χ0n) is 32.5. The van der Waals surface area contributed by atoms with E-state index in [-0.39, 0.29) is 13.0 Å². The summed E-state index contributed by atoms with van der Waals surface area (Å²) < 4.78 is 33.2. The summed E-state index contributed by atoms with van der Waals surface area (Å²) >= 11 is 0. The predicted molar refractivity (Wildman–Crippen MR) is 208 cm³/mol. The van der Waals surface area contributed by atoms with Crippen molar-refractivity contribution < 1.29 is 42.7 Å². The van der Waals surface area contributed by atoms with Gasteiger partial charge in [-0.2, -0.15) is 0 Å². The van der Waals surface area contributed by atoms with E-state index in [0.717, 1.165) is 57.8 Å².